The number of hydrogen-bond acceptors (Lipinski definition) is 2. The predicted molar refractivity (Wildman–Crippen MR) is 47.4 cm³/mol. The lowest BCUT2D eigenvalue weighted by atomic mass is 10.0. The highest BCUT2D eigenvalue weighted by Crippen LogP contribution is 2.59. The molecule has 0 saturated heterocycles. The molecule has 0 spiro atoms. The minimum absolute atomic E-state index is 0.990. The summed E-state index contributed by atoms with van der Waals surface area (Å²) in [5.74, 6) is -7.49. The highest BCUT2D eigenvalue weighted by atomic mass is 32.2. The molecule has 0 aliphatic carbocycles. The van der Waals surface area contributed by atoms with Crippen LogP contribution < -0.4 is 0 Å². The molecule has 0 fully saturated rings. The molecule has 1 aliphatic heterocycles. The monoisotopic (exact) mass is 338 g/mol. The van der Waals surface area contributed by atoms with Crippen molar-refractivity contribution >= 4 is 11.8 Å². The van der Waals surface area contributed by atoms with Gasteiger partial charge in [0.05, 0.1) is 6.61 Å². The second-order valence-electron chi connectivity index (χ2n) is 3.51. The maximum Gasteiger partial charge on any atom is 0.458 e. The van der Waals surface area contributed by atoms with Crippen LogP contribution in [0.15, 0.2) is 11.6 Å². The van der Waals surface area contributed by atoms with Crippen molar-refractivity contribution in [3.63, 3.8) is 0 Å². The zero-order chi connectivity index (χ0) is 16.0. The van der Waals surface area contributed by atoms with Crippen LogP contribution in [0.25, 0.3) is 0 Å². The molecule has 0 N–H and O–H groups in total. The van der Waals surface area contributed by atoms with Gasteiger partial charge in [-0.25, -0.2) is 4.39 Å². The van der Waals surface area contributed by atoms with Crippen LogP contribution >= 0.6 is 11.8 Å². The molecular weight excluding hydrogens is 334 g/mol. The van der Waals surface area contributed by atoms with E-state index in [0.29, 0.717) is 0 Å². The minimum Gasteiger partial charge on any atom is -0.470 e. The summed E-state index contributed by atoms with van der Waals surface area (Å²) in [6.45, 7) is -0.990. The van der Waals surface area contributed by atoms with Gasteiger partial charge in [0, 0.05) is 5.75 Å². The molecule has 1 aliphatic rings. The Bertz CT molecular complexity index is 410. The van der Waals surface area contributed by atoms with Crippen molar-refractivity contribution in [1.29, 1.82) is 0 Å². The number of ether oxygens (including phenoxy) is 1. The average Bonchev–Trinajstić information content (AvgIpc) is 2.35. The lowest BCUT2D eigenvalue weighted by Gasteiger charge is -2.34. The summed E-state index contributed by atoms with van der Waals surface area (Å²) in [5.41, 5.74) is -3.32. The molecule has 118 valence electrons. The second-order valence-corrected chi connectivity index (χ2v) is 4.77. The molecule has 0 saturated carbocycles. The van der Waals surface area contributed by atoms with Gasteiger partial charge in [0.25, 0.3) is 11.0 Å². The molecule has 1 heterocycles. The van der Waals surface area contributed by atoms with E-state index in [2.05, 4.69) is 4.74 Å². The number of alkyl halides is 9. The number of halogens is 10. The van der Waals surface area contributed by atoms with Gasteiger partial charge in [-0.2, -0.15) is 39.5 Å². The Kier molecular flexibility index (Phi) is 4.21. The summed E-state index contributed by atoms with van der Waals surface area (Å²) < 4.78 is 130. The van der Waals surface area contributed by atoms with Crippen molar-refractivity contribution in [3.05, 3.63) is 11.6 Å². The third-order valence-corrected chi connectivity index (χ3v) is 3.40. The molecule has 12 heteroatoms. The molecule has 0 aromatic heterocycles. The van der Waals surface area contributed by atoms with E-state index in [9.17, 15) is 43.9 Å². The van der Waals surface area contributed by atoms with E-state index in [1.165, 1.54) is 0 Å². The van der Waals surface area contributed by atoms with Crippen LogP contribution in [0.4, 0.5) is 43.9 Å². The molecule has 0 aromatic carbocycles. The summed E-state index contributed by atoms with van der Waals surface area (Å²) in [4.78, 5) is 0. The summed E-state index contributed by atoms with van der Waals surface area (Å²) in [6.07, 6.45) is -12.7. The molecule has 0 amide bonds. The molecule has 20 heavy (non-hydrogen) atoms. The van der Waals surface area contributed by atoms with Gasteiger partial charge < -0.3 is 4.74 Å². The summed E-state index contributed by atoms with van der Waals surface area (Å²) in [5, 5.41) is -5.37. The molecule has 1 atom stereocenters. The molecule has 1 nitrogen and oxygen atoms in total. The fraction of sp³-hybridized carbons (Fsp3) is 0.750. The van der Waals surface area contributed by atoms with Gasteiger partial charge in [-0.3, -0.25) is 0 Å². The van der Waals surface area contributed by atoms with Crippen molar-refractivity contribution in [3.8, 4) is 0 Å². The quantitative estimate of drug-likeness (QED) is 0.657. The normalized spacial score (nSPS) is 26.3. The van der Waals surface area contributed by atoms with Crippen LogP contribution in [0.2, 0.25) is 0 Å². The first kappa shape index (κ1) is 17.2. The van der Waals surface area contributed by atoms with Crippen molar-refractivity contribution in [2.45, 2.75) is 23.3 Å². The van der Waals surface area contributed by atoms with E-state index in [1.54, 1.807) is 0 Å². The zero-order valence-electron chi connectivity index (χ0n) is 9.01. The average molecular weight is 338 g/mol. The van der Waals surface area contributed by atoms with Gasteiger partial charge >= 0.3 is 18.3 Å². The van der Waals surface area contributed by atoms with Crippen LogP contribution in [-0.4, -0.2) is 35.6 Å². The van der Waals surface area contributed by atoms with Crippen molar-refractivity contribution in [2.75, 3.05) is 12.4 Å². The number of hydrogen-bond donors (Lipinski definition) is 0. The predicted octanol–water partition coefficient (Wildman–Crippen LogP) is 4.36. The zero-order valence-corrected chi connectivity index (χ0v) is 9.83. The van der Waals surface area contributed by atoms with E-state index >= 15 is 0 Å². The van der Waals surface area contributed by atoms with E-state index in [0.717, 1.165) is 0 Å². The van der Waals surface area contributed by atoms with Crippen LogP contribution in [0.3, 0.4) is 0 Å². The van der Waals surface area contributed by atoms with E-state index in [-0.39, 0.29) is 0 Å². The molecule has 1 unspecified atom stereocenters. The molecular formula is C8H4F10OS. The van der Waals surface area contributed by atoms with Crippen LogP contribution in [0, 0.1) is 0 Å². The first-order valence-electron chi connectivity index (χ1n) is 4.63. The second kappa shape index (κ2) is 4.88. The Morgan fingerprint density at radius 1 is 1.00 bits per heavy atom. The van der Waals surface area contributed by atoms with Gasteiger partial charge in [0.2, 0.25) is 0 Å². The topological polar surface area (TPSA) is 9.23 Å². The van der Waals surface area contributed by atoms with Crippen LogP contribution in [0.5, 0.6) is 0 Å². The van der Waals surface area contributed by atoms with Gasteiger partial charge in [-0.05, 0) is 0 Å². The Morgan fingerprint density at radius 2 is 1.50 bits per heavy atom. The van der Waals surface area contributed by atoms with Crippen molar-refractivity contribution < 1.29 is 48.6 Å². The van der Waals surface area contributed by atoms with Gasteiger partial charge in [0.15, 0.2) is 5.57 Å². The maximum atomic E-state index is 13.9. The number of thioether (sulfide) groups is 1. The van der Waals surface area contributed by atoms with E-state index < -0.39 is 59.0 Å². The highest BCUT2D eigenvalue weighted by Gasteiger charge is 2.77. The van der Waals surface area contributed by atoms with Gasteiger partial charge in [-0.1, -0.05) is 0 Å². The molecule has 1 rings (SSSR count). The van der Waals surface area contributed by atoms with Crippen molar-refractivity contribution in [1.82, 2.24) is 0 Å². The van der Waals surface area contributed by atoms with Gasteiger partial charge in [0.1, 0.15) is 0 Å². The van der Waals surface area contributed by atoms with Gasteiger partial charge in [-0.15, -0.1) is 11.8 Å². The third-order valence-electron chi connectivity index (χ3n) is 2.17. The maximum absolute atomic E-state index is 13.9. The fourth-order valence-corrected chi connectivity index (χ4v) is 2.39. The molecule has 0 bridgehead atoms. The Labute approximate surface area is 108 Å². The lowest BCUT2D eigenvalue weighted by molar-refractivity contribution is -0.309. The smallest absolute Gasteiger partial charge is 0.458 e. The number of rotatable bonds is 1. The molecule has 0 radical (unpaired) electrons. The first-order chi connectivity index (χ1) is 8.75. The van der Waals surface area contributed by atoms with E-state index in [4.69, 9.17) is 0 Å². The summed E-state index contributed by atoms with van der Waals surface area (Å²) in [6, 6.07) is -2.84. The van der Waals surface area contributed by atoms with Crippen LogP contribution in [0.1, 0.15) is 0 Å². The highest BCUT2D eigenvalue weighted by molar-refractivity contribution is 8.00. The third kappa shape index (κ3) is 2.66. The Hall–Kier alpha value is -0.810. The SMILES string of the molecule is FC1=C(C(F)(F)F)C(F)(C(F)(F)C(F)(F)F)SCCO1. The van der Waals surface area contributed by atoms with Crippen LogP contribution in [-0.2, 0) is 4.74 Å². The van der Waals surface area contributed by atoms with Crippen molar-refractivity contribution in [2.24, 2.45) is 0 Å². The Morgan fingerprint density at radius 3 is 1.90 bits per heavy atom. The minimum atomic E-state index is -6.64. The Balaban J connectivity index is 3.55. The first-order valence-corrected chi connectivity index (χ1v) is 5.61. The molecule has 0 aromatic rings. The largest absolute Gasteiger partial charge is 0.470 e. The standard InChI is InChI=1S/C8H4F10OS/c9-4-3(6(11,12)13)5(10,20-2-1-19-4)7(14,15)8(16,17)18/h1-2H2. The summed E-state index contributed by atoms with van der Waals surface area (Å²) >= 11 is -1.02. The summed E-state index contributed by atoms with van der Waals surface area (Å²) in [7, 11) is 0. The lowest BCUT2D eigenvalue weighted by Crippen LogP contribution is -2.56. The van der Waals surface area contributed by atoms with E-state index in [1.807, 2.05) is 0 Å². The fourth-order valence-electron chi connectivity index (χ4n) is 1.31.